The Bertz CT molecular complexity index is 1330. The third kappa shape index (κ3) is 3.53. The zero-order valence-corrected chi connectivity index (χ0v) is 17.7. The normalized spacial score (nSPS) is 16.5. The van der Waals surface area contributed by atoms with Gasteiger partial charge in [-0.15, -0.1) is 5.10 Å². The standard InChI is InChI=1S/C23H21N5O5/c29-19(14-33-20(30)13-27-21(31)15-7-1-2-8-16(15)25-26-27)28-18-10-4-3-9-17(18)24-22(32)23(28)11-5-6-12-23/h1-4,7-10H,5-6,11-14H2,(H,24,32). The SMILES string of the molecule is O=C(Cn1nnc2ccccc2c1=O)OCC(=O)N1c2ccccc2NC(=O)C12CCCC2. The van der Waals surface area contributed by atoms with Gasteiger partial charge in [-0.05, 0) is 37.1 Å². The van der Waals surface area contributed by atoms with Crippen LogP contribution in [-0.2, 0) is 25.7 Å². The molecule has 1 aliphatic heterocycles. The average Bonchev–Trinajstić information content (AvgIpc) is 3.31. The smallest absolute Gasteiger partial charge is 0.328 e. The van der Waals surface area contributed by atoms with Crippen molar-refractivity contribution in [1.82, 2.24) is 15.0 Å². The number of benzene rings is 2. The topological polar surface area (TPSA) is 123 Å². The molecule has 2 aliphatic rings. The van der Waals surface area contributed by atoms with Crippen LogP contribution in [0.5, 0.6) is 0 Å². The van der Waals surface area contributed by atoms with E-state index in [4.69, 9.17) is 4.74 Å². The predicted octanol–water partition coefficient (Wildman–Crippen LogP) is 1.63. The summed E-state index contributed by atoms with van der Waals surface area (Å²) in [6.45, 7) is -1.04. The lowest BCUT2D eigenvalue weighted by Gasteiger charge is -2.44. The molecule has 0 saturated heterocycles. The van der Waals surface area contributed by atoms with Crippen molar-refractivity contribution in [3.63, 3.8) is 0 Å². The third-order valence-electron chi connectivity index (χ3n) is 6.19. The zero-order chi connectivity index (χ0) is 23.0. The van der Waals surface area contributed by atoms with Crippen LogP contribution < -0.4 is 15.8 Å². The molecule has 1 aromatic heterocycles. The largest absolute Gasteiger partial charge is 0.454 e. The molecule has 1 N–H and O–H groups in total. The van der Waals surface area contributed by atoms with Crippen LogP contribution in [0.3, 0.4) is 0 Å². The molecule has 33 heavy (non-hydrogen) atoms. The predicted molar refractivity (Wildman–Crippen MR) is 119 cm³/mol. The van der Waals surface area contributed by atoms with Gasteiger partial charge in [-0.25, -0.2) is 0 Å². The maximum atomic E-state index is 13.2. The highest BCUT2D eigenvalue weighted by Crippen LogP contribution is 2.45. The van der Waals surface area contributed by atoms with E-state index in [9.17, 15) is 19.2 Å². The molecule has 5 rings (SSSR count). The molecule has 1 aliphatic carbocycles. The number of amides is 2. The van der Waals surface area contributed by atoms with E-state index in [0.717, 1.165) is 17.5 Å². The maximum Gasteiger partial charge on any atom is 0.328 e. The van der Waals surface area contributed by atoms with Crippen molar-refractivity contribution in [2.45, 2.75) is 37.8 Å². The first-order valence-corrected chi connectivity index (χ1v) is 10.7. The van der Waals surface area contributed by atoms with Gasteiger partial charge in [0.05, 0.1) is 16.8 Å². The van der Waals surface area contributed by atoms with Gasteiger partial charge in [-0.3, -0.25) is 24.1 Å². The molecular weight excluding hydrogens is 426 g/mol. The number of para-hydroxylation sites is 2. The number of carbonyl (C=O) groups excluding carboxylic acids is 3. The second-order valence-corrected chi connectivity index (χ2v) is 8.17. The van der Waals surface area contributed by atoms with Crippen LogP contribution in [0.4, 0.5) is 11.4 Å². The third-order valence-corrected chi connectivity index (χ3v) is 6.19. The number of carbonyl (C=O) groups is 3. The van der Waals surface area contributed by atoms with Crippen LogP contribution in [-0.4, -0.2) is 44.9 Å². The Labute approximate surface area is 188 Å². The fraction of sp³-hybridized carbons (Fsp3) is 0.304. The summed E-state index contributed by atoms with van der Waals surface area (Å²) in [5.41, 5.74) is 0.0782. The molecule has 0 unspecified atom stereocenters. The fourth-order valence-corrected chi connectivity index (χ4v) is 4.63. The van der Waals surface area contributed by atoms with Gasteiger partial charge in [0.1, 0.15) is 17.6 Å². The molecule has 3 aromatic rings. The minimum Gasteiger partial charge on any atom is -0.454 e. The number of fused-ring (bicyclic) bond motifs is 2. The van der Waals surface area contributed by atoms with E-state index in [2.05, 4.69) is 15.6 Å². The minimum absolute atomic E-state index is 0.226. The van der Waals surface area contributed by atoms with E-state index < -0.39 is 36.1 Å². The number of nitrogens with zero attached hydrogens (tertiary/aromatic N) is 4. The Morgan fingerprint density at radius 1 is 1.03 bits per heavy atom. The molecule has 1 saturated carbocycles. The number of hydrogen-bond acceptors (Lipinski definition) is 7. The number of rotatable bonds is 4. The Morgan fingerprint density at radius 2 is 1.76 bits per heavy atom. The summed E-state index contributed by atoms with van der Waals surface area (Å²) in [4.78, 5) is 52.6. The number of esters is 1. The number of anilines is 2. The summed E-state index contributed by atoms with van der Waals surface area (Å²) >= 11 is 0. The van der Waals surface area contributed by atoms with Gasteiger partial charge < -0.3 is 10.1 Å². The van der Waals surface area contributed by atoms with Gasteiger partial charge in [-0.1, -0.05) is 42.3 Å². The molecule has 10 heteroatoms. The van der Waals surface area contributed by atoms with Crippen LogP contribution >= 0.6 is 0 Å². The molecular formula is C23H21N5O5. The van der Waals surface area contributed by atoms with Gasteiger partial charge in [0, 0.05) is 0 Å². The molecule has 0 atom stereocenters. The van der Waals surface area contributed by atoms with Crippen molar-refractivity contribution >= 4 is 40.1 Å². The van der Waals surface area contributed by atoms with Crippen molar-refractivity contribution in [2.24, 2.45) is 0 Å². The molecule has 0 radical (unpaired) electrons. The van der Waals surface area contributed by atoms with Crippen molar-refractivity contribution < 1.29 is 19.1 Å². The van der Waals surface area contributed by atoms with Crippen molar-refractivity contribution in [2.75, 3.05) is 16.8 Å². The van der Waals surface area contributed by atoms with Crippen molar-refractivity contribution in [1.29, 1.82) is 0 Å². The van der Waals surface area contributed by atoms with E-state index >= 15 is 0 Å². The highest BCUT2D eigenvalue weighted by molar-refractivity contribution is 6.15. The van der Waals surface area contributed by atoms with E-state index in [1.807, 2.05) is 0 Å². The van der Waals surface area contributed by atoms with Crippen LogP contribution in [0, 0.1) is 0 Å². The Morgan fingerprint density at radius 3 is 2.58 bits per heavy atom. The monoisotopic (exact) mass is 447 g/mol. The van der Waals surface area contributed by atoms with Crippen molar-refractivity contribution in [3.05, 3.63) is 58.9 Å². The lowest BCUT2D eigenvalue weighted by molar-refractivity contribution is -0.149. The quantitative estimate of drug-likeness (QED) is 0.603. The molecule has 1 spiro atoms. The van der Waals surface area contributed by atoms with Crippen molar-refractivity contribution in [3.8, 4) is 0 Å². The first-order chi connectivity index (χ1) is 16.0. The van der Waals surface area contributed by atoms with Crippen LogP contribution in [0.1, 0.15) is 25.7 Å². The highest BCUT2D eigenvalue weighted by atomic mass is 16.5. The average molecular weight is 447 g/mol. The van der Waals surface area contributed by atoms with Gasteiger partial charge in [-0.2, -0.15) is 4.68 Å². The van der Waals surface area contributed by atoms with Crippen LogP contribution in [0.2, 0.25) is 0 Å². The van der Waals surface area contributed by atoms with E-state index in [0.29, 0.717) is 35.1 Å². The van der Waals surface area contributed by atoms with Crippen LogP contribution in [0.25, 0.3) is 10.9 Å². The summed E-state index contributed by atoms with van der Waals surface area (Å²) < 4.78 is 6.09. The van der Waals surface area contributed by atoms with Crippen LogP contribution in [0.15, 0.2) is 53.3 Å². The first-order valence-electron chi connectivity index (χ1n) is 10.7. The van der Waals surface area contributed by atoms with Gasteiger partial charge in [0.25, 0.3) is 17.4 Å². The Kier molecular flexibility index (Phi) is 5.12. The number of nitrogens with one attached hydrogen (secondary N) is 1. The second-order valence-electron chi connectivity index (χ2n) is 8.17. The van der Waals surface area contributed by atoms with Gasteiger partial charge in [0.15, 0.2) is 6.61 Å². The Hall–Kier alpha value is -4.08. The fourth-order valence-electron chi connectivity index (χ4n) is 4.63. The molecule has 0 bridgehead atoms. The minimum atomic E-state index is -0.987. The number of ether oxygens (including phenoxy) is 1. The molecule has 2 aromatic carbocycles. The summed E-state index contributed by atoms with van der Waals surface area (Å²) in [5.74, 6) is -1.52. The van der Waals surface area contributed by atoms with E-state index in [1.165, 1.54) is 4.90 Å². The lowest BCUT2D eigenvalue weighted by Crippen LogP contribution is -2.61. The summed E-state index contributed by atoms with van der Waals surface area (Å²) in [7, 11) is 0. The number of aromatic nitrogens is 3. The maximum absolute atomic E-state index is 13.2. The summed E-state index contributed by atoms with van der Waals surface area (Å²) in [5, 5.41) is 10.9. The zero-order valence-electron chi connectivity index (χ0n) is 17.7. The lowest BCUT2D eigenvalue weighted by atomic mass is 9.90. The summed E-state index contributed by atoms with van der Waals surface area (Å²) in [6, 6.07) is 13.7. The highest BCUT2D eigenvalue weighted by Gasteiger charge is 2.52. The number of hydrogen-bond donors (Lipinski definition) is 1. The first kappa shape index (κ1) is 20.8. The van der Waals surface area contributed by atoms with Gasteiger partial charge >= 0.3 is 5.97 Å². The molecule has 2 heterocycles. The molecule has 1 fully saturated rings. The molecule has 168 valence electrons. The second kappa shape index (κ2) is 8.12. The summed E-state index contributed by atoms with van der Waals surface area (Å²) in [6.07, 6.45) is 2.72. The molecule has 2 amide bonds. The van der Waals surface area contributed by atoms with Gasteiger partial charge in [0.2, 0.25) is 0 Å². The van der Waals surface area contributed by atoms with E-state index in [-0.39, 0.29) is 5.91 Å². The van der Waals surface area contributed by atoms with E-state index in [1.54, 1.807) is 48.5 Å². The molecule has 10 nitrogen and oxygen atoms in total. The Balaban J connectivity index is 1.34.